The van der Waals surface area contributed by atoms with E-state index in [0.29, 0.717) is 12.8 Å². The van der Waals surface area contributed by atoms with Crippen LogP contribution in [0, 0.1) is 0 Å². The summed E-state index contributed by atoms with van der Waals surface area (Å²) in [4.78, 5) is 10.2. The molecule has 0 fully saturated rings. The maximum atomic E-state index is 10.2. The molecule has 0 bridgehead atoms. The Labute approximate surface area is 74.2 Å². The Morgan fingerprint density at radius 3 is 2.64 bits per heavy atom. The van der Waals surface area contributed by atoms with Crippen LogP contribution in [0.2, 0.25) is 0 Å². The van der Waals surface area contributed by atoms with Gasteiger partial charge in [0.1, 0.15) is 0 Å². The van der Waals surface area contributed by atoms with E-state index in [-0.39, 0.29) is 19.3 Å². The highest BCUT2D eigenvalue weighted by Crippen LogP contribution is 2.06. The molecule has 0 amide bonds. The van der Waals surface area contributed by atoms with Crippen molar-refractivity contribution in [2.45, 2.75) is 51.8 Å². The third kappa shape index (κ3) is 9.47. The van der Waals surface area contributed by atoms with E-state index in [1.165, 1.54) is 0 Å². The van der Waals surface area contributed by atoms with Gasteiger partial charge in [0, 0.05) is 11.9 Å². The quantitative estimate of drug-likeness (QED) is 0.584. The van der Waals surface area contributed by atoms with Crippen LogP contribution >= 0.6 is 0 Å². The first-order chi connectivity index (χ1) is 6.73. The Balaban J connectivity index is 3.99. The van der Waals surface area contributed by atoms with E-state index >= 15 is 0 Å². The van der Waals surface area contributed by atoms with E-state index in [2.05, 4.69) is 0 Å². The van der Waals surface area contributed by atoms with Gasteiger partial charge in [-0.15, -0.1) is 0 Å². The summed E-state index contributed by atoms with van der Waals surface area (Å²) in [6.45, 7) is 1.61. The Morgan fingerprint density at radius 2 is 2.09 bits per heavy atom. The molecule has 1 N–H and O–H groups in total. The predicted octanol–water partition coefficient (Wildman–Crippen LogP) is 2.82. The number of carbonyl (C=O) groups is 1. The standard InChI is InChI=1S/C9H18O2/c1-2-3-4-5-6-7-8-9(10)11/h2-8H2,1H3,(H,10,11)/i3D2,4D2. The molecule has 0 radical (unpaired) electrons. The molecule has 0 aliphatic carbocycles. The second-order valence-electron chi connectivity index (χ2n) is 2.31. The third-order valence-electron chi connectivity index (χ3n) is 1.24. The van der Waals surface area contributed by atoms with Crippen LogP contribution in [0.1, 0.15) is 57.3 Å². The molecule has 11 heavy (non-hydrogen) atoms. The van der Waals surface area contributed by atoms with Gasteiger partial charge in [0.25, 0.3) is 0 Å². The highest BCUT2D eigenvalue weighted by molar-refractivity contribution is 5.66. The molecule has 2 heteroatoms. The van der Waals surface area contributed by atoms with Crippen LogP contribution in [0.25, 0.3) is 0 Å². The van der Waals surface area contributed by atoms with Crippen molar-refractivity contribution in [1.82, 2.24) is 0 Å². The van der Waals surface area contributed by atoms with Crippen molar-refractivity contribution in [3.05, 3.63) is 0 Å². The Kier molecular flexibility index (Phi) is 3.56. The molecule has 0 spiro atoms. The molecule has 0 aromatic rings. The van der Waals surface area contributed by atoms with Crippen molar-refractivity contribution in [3.8, 4) is 0 Å². The number of carboxylic acid groups (broad SMARTS) is 1. The fraction of sp³-hybridized carbons (Fsp3) is 0.889. The highest BCUT2D eigenvalue weighted by Gasteiger charge is 1.95. The topological polar surface area (TPSA) is 37.3 Å². The van der Waals surface area contributed by atoms with E-state index < -0.39 is 18.7 Å². The summed E-state index contributed by atoms with van der Waals surface area (Å²) >= 11 is 0. The fourth-order valence-corrected chi connectivity index (χ4v) is 0.703. The number of rotatable bonds is 7. The summed E-state index contributed by atoms with van der Waals surface area (Å²) in [5.74, 6) is -0.894. The number of aliphatic carboxylic acids is 1. The van der Waals surface area contributed by atoms with E-state index in [1.54, 1.807) is 6.92 Å². The summed E-state index contributed by atoms with van der Waals surface area (Å²) in [5.41, 5.74) is 0. The van der Waals surface area contributed by atoms with Gasteiger partial charge in [-0.25, -0.2) is 0 Å². The fourth-order valence-electron chi connectivity index (χ4n) is 0.703. The van der Waals surface area contributed by atoms with Gasteiger partial charge in [-0.2, -0.15) is 0 Å². The molecule has 0 saturated heterocycles. The van der Waals surface area contributed by atoms with Crippen molar-refractivity contribution in [1.29, 1.82) is 0 Å². The summed E-state index contributed by atoms with van der Waals surface area (Å²) in [6.07, 6.45) is -2.70. The minimum atomic E-state index is -1.87. The second-order valence-corrected chi connectivity index (χ2v) is 2.31. The third-order valence-corrected chi connectivity index (χ3v) is 1.24. The van der Waals surface area contributed by atoms with Gasteiger partial charge in [-0.05, 0) is 6.42 Å². The van der Waals surface area contributed by atoms with Crippen LogP contribution in [0.5, 0.6) is 0 Å². The second kappa shape index (κ2) is 7.58. The molecule has 0 aliphatic rings. The molecule has 0 saturated carbocycles. The molecule has 0 unspecified atom stereocenters. The molecule has 0 aromatic heterocycles. The Bertz CT molecular complexity index is 216. The normalized spacial score (nSPS) is 17.9. The van der Waals surface area contributed by atoms with E-state index in [0.717, 1.165) is 0 Å². The number of hydrogen-bond donors (Lipinski definition) is 1. The number of carboxylic acids is 1. The van der Waals surface area contributed by atoms with Gasteiger partial charge >= 0.3 is 5.97 Å². The first-order valence-electron chi connectivity index (χ1n) is 5.95. The average Bonchev–Trinajstić information content (AvgIpc) is 2.12. The number of unbranched alkanes of at least 4 members (excludes halogenated alkanes) is 1. The lowest BCUT2D eigenvalue weighted by Gasteiger charge is -1.97. The van der Waals surface area contributed by atoms with Gasteiger partial charge in [0.05, 0.1) is 0 Å². The highest BCUT2D eigenvalue weighted by atomic mass is 16.4. The zero-order valence-corrected chi connectivity index (χ0v) is 6.89. The van der Waals surface area contributed by atoms with Crippen molar-refractivity contribution < 1.29 is 15.4 Å². The molecule has 0 aromatic carbocycles. The summed E-state index contributed by atoms with van der Waals surface area (Å²) in [6, 6.07) is 0. The smallest absolute Gasteiger partial charge is 0.303 e. The molecule has 2 nitrogen and oxygen atoms in total. The van der Waals surface area contributed by atoms with Crippen LogP contribution in [0.15, 0.2) is 0 Å². The minimum absolute atomic E-state index is 0.0191. The van der Waals surface area contributed by atoms with Crippen LogP contribution in [0.3, 0.4) is 0 Å². The summed E-state index contributed by atoms with van der Waals surface area (Å²) < 4.78 is 30.1. The SMILES string of the molecule is [2H]C([2H])(CC)C([2H])([2H])CCCCC(=O)O. The lowest BCUT2D eigenvalue weighted by Crippen LogP contribution is -1.93. The molecule has 0 aliphatic heterocycles. The van der Waals surface area contributed by atoms with Gasteiger partial charge in [-0.3, -0.25) is 4.79 Å². The Hall–Kier alpha value is -0.530. The van der Waals surface area contributed by atoms with Gasteiger partial charge in [0.15, 0.2) is 0 Å². The monoisotopic (exact) mass is 162 g/mol. The van der Waals surface area contributed by atoms with E-state index in [4.69, 9.17) is 10.6 Å². The van der Waals surface area contributed by atoms with Crippen molar-refractivity contribution in [3.63, 3.8) is 0 Å². The molecule has 66 valence electrons. The molecule has 0 atom stereocenters. The van der Waals surface area contributed by atoms with Crippen molar-refractivity contribution >= 4 is 5.97 Å². The lowest BCUT2D eigenvalue weighted by molar-refractivity contribution is -0.137. The van der Waals surface area contributed by atoms with Crippen molar-refractivity contribution in [2.75, 3.05) is 0 Å². The van der Waals surface area contributed by atoms with Gasteiger partial charge in [-0.1, -0.05) is 38.9 Å². The molecule has 0 rings (SSSR count). The van der Waals surface area contributed by atoms with E-state index in [1.807, 2.05) is 0 Å². The molecular formula is C9H18O2. The molecule has 0 heterocycles. The first kappa shape index (κ1) is 5.18. The maximum absolute atomic E-state index is 10.2. The average molecular weight is 162 g/mol. The maximum Gasteiger partial charge on any atom is 0.303 e. The van der Waals surface area contributed by atoms with E-state index in [9.17, 15) is 4.79 Å². The predicted molar refractivity (Wildman–Crippen MR) is 45.6 cm³/mol. The summed E-state index contributed by atoms with van der Waals surface area (Å²) in [5, 5.41) is 8.38. The first-order valence-corrected chi connectivity index (χ1v) is 3.95. The number of hydrogen-bond acceptors (Lipinski definition) is 1. The van der Waals surface area contributed by atoms with Crippen LogP contribution in [-0.4, -0.2) is 11.1 Å². The van der Waals surface area contributed by atoms with Crippen molar-refractivity contribution in [2.24, 2.45) is 0 Å². The molecular weight excluding hydrogens is 140 g/mol. The van der Waals surface area contributed by atoms with Crippen LogP contribution in [0.4, 0.5) is 0 Å². The largest absolute Gasteiger partial charge is 0.481 e. The van der Waals surface area contributed by atoms with Crippen LogP contribution in [-0.2, 0) is 4.79 Å². The zero-order chi connectivity index (χ0) is 12.1. The van der Waals surface area contributed by atoms with Crippen LogP contribution < -0.4 is 0 Å². The zero-order valence-electron chi connectivity index (χ0n) is 10.9. The summed E-state index contributed by atoms with van der Waals surface area (Å²) in [7, 11) is 0. The lowest BCUT2D eigenvalue weighted by atomic mass is 10.1. The van der Waals surface area contributed by atoms with Gasteiger partial charge < -0.3 is 5.11 Å². The van der Waals surface area contributed by atoms with Gasteiger partial charge in [0.2, 0.25) is 0 Å². The minimum Gasteiger partial charge on any atom is -0.481 e. The Morgan fingerprint density at radius 1 is 1.36 bits per heavy atom.